The Morgan fingerprint density at radius 3 is 2.89 bits per heavy atom. The minimum absolute atomic E-state index is 0.204. The number of hydrogen-bond acceptors (Lipinski definition) is 3. The van der Waals surface area contributed by atoms with Crippen molar-refractivity contribution in [3.05, 3.63) is 65.0 Å². The molecule has 1 fully saturated rings. The van der Waals surface area contributed by atoms with Crippen molar-refractivity contribution in [3.8, 4) is 0 Å². The lowest BCUT2D eigenvalue weighted by Crippen LogP contribution is -2.32. The number of fused-ring (bicyclic) bond motifs is 1. The molecule has 2 aromatic heterocycles. The minimum atomic E-state index is -0.204. The van der Waals surface area contributed by atoms with Crippen molar-refractivity contribution in [1.82, 2.24) is 14.5 Å². The van der Waals surface area contributed by atoms with Crippen LogP contribution in [0.3, 0.4) is 0 Å². The molecule has 1 aliphatic heterocycles. The second-order valence-corrected chi connectivity index (χ2v) is 8.17. The van der Waals surface area contributed by atoms with Crippen molar-refractivity contribution in [1.29, 1.82) is 0 Å². The summed E-state index contributed by atoms with van der Waals surface area (Å²) in [6.07, 6.45) is 6.97. The summed E-state index contributed by atoms with van der Waals surface area (Å²) in [5, 5.41) is 1.20. The van der Waals surface area contributed by atoms with E-state index >= 15 is 0 Å². The van der Waals surface area contributed by atoms with Crippen LogP contribution >= 0.6 is 15.9 Å². The van der Waals surface area contributed by atoms with E-state index in [-0.39, 0.29) is 6.09 Å². The highest BCUT2D eigenvalue weighted by Crippen LogP contribution is 2.24. The van der Waals surface area contributed by atoms with Gasteiger partial charge in [0.1, 0.15) is 11.2 Å². The zero-order chi connectivity index (χ0) is 19.3. The highest BCUT2D eigenvalue weighted by Gasteiger charge is 2.22. The first-order valence-corrected chi connectivity index (χ1v) is 10.5. The molecule has 0 aliphatic carbocycles. The topological polar surface area (TPSA) is 47.4 Å². The summed E-state index contributed by atoms with van der Waals surface area (Å²) >= 11 is 3.43. The first-order valence-electron chi connectivity index (χ1n) is 9.75. The molecule has 0 bridgehead atoms. The summed E-state index contributed by atoms with van der Waals surface area (Å²) in [7, 11) is 0. The number of pyridine rings is 1. The van der Waals surface area contributed by atoms with Crippen LogP contribution in [0, 0.1) is 5.92 Å². The van der Waals surface area contributed by atoms with Crippen molar-refractivity contribution >= 4 is 32.9 Å². The molecule has 0 spiro atoms. The van der Waals surface area contributed by atoms with Crippen LogP contribution in [-0.4, -0.2) is 33.6 Å². The van der Waals surface area contributed by atoms with Crippen molar-refractivity contribution in [2.45, 2.75) is 32.4 Å². The van der Waals surface area contributed by atoms with Gasteiger partial charge in [0.15, 0.2) is 0 Å². The highest BCUT2D eigenvalue weighted by atomic mass is 79.9. The molecule has 6 heteroatoms. The maximum absolute atomic E-state index is 12.4. The van der Waals surface area contributed by atoms with Crippen molar-refractivity contribution in [2.75, 3.05) is 13.1 Å². The second kappa shape index (κ2) is 8.78. The Kier molecular flexibility index (Phi) is 5.95. The van der Waals surface area contributed by atoms with E-state index in [2.05, 4.69) is 37.7 Å². The molecule has 1 amide bonds. The SMILES string of the molecule is O=C(OCc1ccccc1)N1CCCC(Cn2ccc3cc(Br)ncc32)CC1. The average molecular weight is 442 g/mol. The number of nitrogens with zero attached hydrogens (tertiary/aromatic N) is 3. The molecule has 1 saturated heterocycles. The van der Waals surface area contributed by atoms with E-state index in [4.69, 9.17) is 4.74 Å². The smallest absolute Gasteiger partial charge is 0.410 e. The monoisotopic (exact) mass is 441 g/mol. The van der Waals surface area contributed by atoms with E-state index in [1.54, 1.807) is 0 Å². The van der Waals surface area contributed by atoms with E-state index in [0.717, 1.165) is 54.6 Å². The summed E-state index contributed by atoms with van der Waals surface area (Å²) in [6.45, 7) is 2.81. The van der Waals surface area contributed by atoms with E-state index in [9.17, 15) is 4.79 Å². The van der Waals surface area contributed by atoms with Gasteiger partial charge < -0.3 is 14.2 Å². The van der Waals surface area contributed by atoms with Crippen LogP contribution in [0.15, 0.2) is 59.5 Å². The molecule has 4 rings (SSSR count). The number of carbonyl (C=O) groups is 1. The molecule has 1 unspecified atom stereocenters. The predicted molar refractivity (Wildman–Crippen MR) is 113 cm³/mol. The Balaban J connectivity index is 1.32. The molecule has 146 valence electrons. The van der Waals surface area contributed by atoms with Gasteiger partial charge in [0.05, 0.1) is 11.7 Å². The molecule has 0 saturated carbocycles. The Bertz CT molecular complexity index is 941. The molecular weight excluding hydrogens is 418 g/mol. The van der Waals surface area contributed by atoms with E-state index in [0.29, 0.717) is 12.5 Å². The maximum atomic E-state index is 12.4. The number of carbonyl (C=O) groups excluding carboxylic acids is 1. The summed E-state index contributed by atoms with van der Waals surface area (Å²) < 4.78 is 8.64. The van der Waals surface area contributed by atoms with Gasteiger partial charge in [0.25, 0.3) is 0 Å². The Hall–Kier alpha value is -2.34. The van der Waals surface area contributed by atoms with Gasteiger partial charge in [0.2, 0.25) is 0 Å². The number of benzene rings is 1. The largest absolute Gasteiger partial charge is 0.445 e. The fraction of sp³-hybridized carbons (Fsp3) is 0.364. The van der Waals surface area contributed by atoms with Gasteiger partial charge in [-0.15, -0.1) is 0 Å². The molecule has 28 heavy (non-hydrogen) atoms. The molecule has 1 aliphatic rings. The second-order valence-electron chi connectivity index (χ2n) is 7.36. The fourth-order valence-electron chi connectivity index (χ4n) is 3.84. The first kappa shape index (κ1) is 19.0. The normalized spacial score (nSPS) is 17.5. The number of ether oxygens (including phenoxy) is 1. The molecule has 5 nitrogen and oxygen atoms in total. The zero-order valence-corrected chi connectivity index (χ0v) is 17.3. The number of aromatic nitrogens is 2. The van der Waals surface area contributed by atoms with Gasteiger partial charge >= 0.3 is 6.09 Å². The lowest BCUT2D eigenvalue weighted by atomic mass is 10.0. The van der Waals surface area contributed by atoms with E-state index in [1.165, 1.54) is 5.39 Å². The first-order chi connectivity index (χ1) is 13.7. The van der Waals surface area contributed by atoms with Crippen molar-refractivity contribution in [2.24, 2.45) is 5.92 Å². The summed E-state index contributed by atoms with van der Waals surface area (Å²) in [5.41, 5.74) is 2.18. The molecular formula is C22H24BrN3O2. The summed E-state index contributed by atoms with van der Waals surface area (Å²) in [4.78, 5) is 18.7. The number of likely N-dealkylation sites (tertiary alicyclic amines) is 1. The molecule has 3 aromatic rings. The fourth-order valence-corrected chi connectivity index (χ4v) is 4.19. The highest BCUT2D eigenvalue weighted by molar-refractivity contribution is 9.10. The maximum Gasteiger partial charge on any atom is 0.410 e. The van der Waals surface area contributed by atoms with Gasteiger partial charge in [0, 0.05) is 31.2 Å². The zero-order valence-electron chi connectivity index (χ0n) is 15.8. The minimum Gasteiger partial charge on any atom is -0.445 e. The number of rotatable bonds is 4. The third-order valence-electron chi connectivity index (χ3n) is 5.39. The van der Waals surface area contributed by atoms with Crippen LogP contribution in [0.4, 0.5) is 4.79 Å². The van der Waals surface area contributed by atoms with Crippen LogP contribution in [0.1, 0.15) is 24.8 Å². The van der Waals surface area contributed by atoms with Crippen molar-refractivity contribution in [3.63, 3.8) is 0 Å². The lowest BCUT2D eigenvalue weighted by Gasteiger charge is -2.20. The van der Waals surface area contributed by atoms with Crippen LogP contribution in [0.5, 0.6) is 0 Å². The average Bonchev–Trinajstić information content (AvgIpc) is 2.94. The third-order valence-corrected chi connectivity index (χ3v) is 5.82. The van der Waals surface area contributed by atoms with Crippen LogP contribution in [0.25, 0.3) is 10.9 Å². The van der Waals surface area contributed by atoms with Gasteiger partial charge in [-0.3, -0.25) is 0 Å². The summed E-state index contributed by atoms with van der Waals surface area (Å²) in [6, 6.07) is 14.0. The van der Waals surface area contributed by atoms with Crippen molar-refractivity contribution < 1.29 is 9.53 Å². The Morgan fingerprint density at radius 1 is 1.18 bits per heavy atom. The summed E-state index contributed by atoms with van der Waals surface area (Å²) in [5.74, 6) is 0.547. The van der Waals surface area contributed by atoms with Gasteiger partial charge in [-0.25, -0.2) is 9.78 Å². The van der Waals surface area contributed by atoms with Crippen LogP contribution in [-0.2, 0) is 17.9 Å². The van der Waals surface area contributed by atoms with Crippen LogP contribution < -0.4 is 0 Å². The van der Waals surface area contributed by atoms with E-state index in [1.807, 2.05) is 47.5 Å². The Labute approximate surface area is 173 Å². The van der Waals surface area contributed by atoms with E-state index < -0.39 is 0 Å². The van der Waals surface area contributed by atoms with Gasteiger partial charge in [-0.05, 0) is 58.8 Å². The Morgan fingerprint density at radius 2 is 2.04 bits per heavy atom. The number of amides is 1. The van der Waals surface area contributed by atoms with Gasteiger partial charge in [-0.1, -0.05) is 30.3 Å². The predicted octanol–water partition coefficient (Wildman–Crippen LogP) is 5.24. The third kappa shape index (κ3) is 4.55. The quantitative estimate of drug-likeness (QED) is 0.520. The lowest BCUT2D eigenvalue weighted by molar-refractivity contribution is 0.0970. The molecule has 3 heterocycles. The molecule has 1 atom stereocenters. The molecule has 0 radical (unpaired) electrons. The molecule has 0 N–H and O–H groups in total. The van der Waals surface area contributed by atoms with Crippen LogP contribution in [0.2, 0.25) is 0 Å². The molecule has 1 aromatic carbocycles. The van der Waals surface area contributed by atoms with Gasteiger partial charge in [-0.2, -0.15) is 0 Å². The number of halogens is 1. The number of hydrogen-bond donors (Lipinski definition) is 0. The standard InChI is InChI=1S/C22H24BrN3O2/c23-21-13-19-9-12-26(20(19)14-24-21)15-17-7-4-10-25(11-8-17)22(27)28-16-18-5-2-1-3-6-18/h1-3,5-6,9,12-14,17H,4,7-8,10-11,15-16H2.